The summed E-state index contributed by atoms with van der Waals surface area (Å²) in [4.78, 5) is 25.0. The predicted molar refractivity (Wildman–Crippen MR) is 106 cm³/mol. The van der Waals surface area contributed by atoms with Gasteiger partial charge in [-0.15, -0.1) is 0 Å². The number of hydrogen-bond donors (Lipinski definition) is 2. The van der Waals surface area contributed by atoms with E-state index in [1.54, 1.807) is 19.3 Å². The first-order valence-electron chi connectivity index (χ1n) is 9.05. The number of methoxy groups -OCH3 is 2. The summed E-state index contributed by atoms with van der Waals surface area (Å²) in [5.74, 6) is 0.543. The molecule has 1 fully saturated rings. The number of nitrogens with one attached hydrogen (secondary N) is 2. The Hall–Kier alpha value is -3.43. The lowest BCUT2D eigenvalue weighted by Crippen LogP contribution is -2.15. The molecule has 4 rings (SSSR count). The molecule has 0 unspecified atom stereocenters. The highest BCUT2D eigenvalue weighted by molar-refractivity contribution is 5.96. The minimum atomic E-state index is -1.05. The van der Waals surface area contributed by atoms with Crippen LogP contribution in [0.3, 0.4) is 0 Å². The topological polar surface area (TPSA) is 103 Å². The van der Waals surface area contributed by atoms with Gasteiger partial charge in [0.2, 0.25) is 23.6 Å². The lowest BCUT2D eigenvalue weighted by atomic mass is 10.2. The van der Waals surface area contributed by atoms with Crippen molar-refractivity contribution in [2.45, 2.75) is 12.6 Å². The number of alkyl halides is 1. The molecule has 1 saturated carbocycles. The summed E-state index contributed by atoms with van der Waals surface area (Å²) in [6, 6.07) is 3.65. The highest BCUT2D eigenvalue weighted by Gasteiger charge is 2.43. The molecule has 1 aliphatic carbocycles. The predicted octanol–water partition coefficient (Wildman–Crippen LogP) is 2.39. The number of aromatic nitrogens is 4. The van der Waals surface area contributed by atoms with Crippen LogP contribution in [0.2, 0.25) is 0 Å². The summed E-state index contributed by atoms with van der Waals surface area (Å²) in [7, 11) is 6.64. The molecule has 0 radical (unpaired) electrons. The van der Waals surface area contributed by atoms with Crippen molar-refractivity contribution < 1.29 is 18.7 Å². The van der Waals surface area contributed by atoms with Crippen LogP contribution in [-0.2, 0) is 11.8 Å². The number of rotatable bonds is 6. The molecule has 0 bridgehead atoms. The summed E-state index contributed by atoms with van der Waals surface area (Å²) in [6.07, 6.45) is 0.865. The third-order valence-electron chi connectivity index (χ3n) is 4.94. The zero-order chi connectivity index (χ0) is 20.7. The first-order valence-corrected chi connectivity index (χ1v) is 9.05. The minimum absolute atomic E-state index is 0.270. The molecular formula is C19H21FN6O3. The van der Waals surface area contributed by atoms with Gasteiger partial charge in [0, 0.05) is 19.5 Å². The van der Waals surface area contributed by atoms with Crippen LogP contribution in [0.15, 0.2) is 18.3 Å². The van der Waals surface area contributed by atoms with Crippen LogP contribution in [-0.4, -0.2) is 52.9 Å². The van der Waals surface area contributed by atoms with Crippen molar-refractivity contribution in [3.05, 3.63) is 18.3 Å². The van der Waals surface area contributed by atoms with Crippen molar-refractivity contribution in [2.24, 2.45) is 13.0 Å². The van der Waals surface area contributed by atoms with Gasteiger partial charge < -0.3 is 24.7 Å². The summed E-state index contributed by atoms with van der Waals surface area (Å²) in [5, 5.41) is 6.38. The van der Waals surface area contributed by atoms with Gasteiger partial charge in [-0.3, -0.25) is 4.79 Å². The first kappa shape index (κ1) is 18.9. The standard InChI is InChI=1S/C19H21FN6O3/c1-21-19-24-17(28-3)15(18(25-19)29-4)12-5-9-6-14(22-8-13(9)26(12)2)23-16(27)10-7-11(10)20/h5-6,8,10-11H,7H2,1-4H3,(H,21,24,25)(H,22,23,27)/t10-,11+/m1/s1. The molecule has 2 atom stereocenters. The number of ether oxygens (including phenoxy) is 2. The van der Waals surface area contributed by atoms with Gasteiger partial charge in [-0.25, -0.2) is 9.37 Å². The monoisotopic (exact) mass is 400 g/mol. The number of nitrogens with zero attached hydrogens (tertiary/aromatic N) is 4. The molecule has 0 aromatic carbocycles. The Morgan fingerprint density at radius 3 is 2.45 bits per heavy atom. The molecular weight excluding hydrogens is 379 g/mol. The van der Waals surface area contributed by atoms with E-state index in [9.17, 15) is 9.18 Å². The molecule has 1 amide bonds. The van der Waals surface area contributed by atoms with Crippen LogP contribution >= 0.6 is 0 Å². The lowest BCUT2D eigenvalue weighted by molar-refractivity contribution is -0.117. The van der Waals surface area contributed by atoms with Crippen molar-refractivity contribution in [2.75, 3.05) is 31.9 Å². The molecule has 1 aliphatic rings. The van der Waals surface area contributed by atoms with Crippen molar-refractivity contribution in [3.63, 3.8) is 0 Å². The van der Waals surface area contributed by atoms with Crippen molar-refractivity contribution in [1.82, 2.24) is 19.5 Å². The van der Waals surface area contributed by atoms with E-state index in [-0.39, 0.29) is 12.3 Å². The number of aryl methyl sites for hydroxylation is 1. The van der Waals surface area contributed by atoms with E-state index in [1.807, 2.05) is 17.7 Å². The van der Waals surface area contributed by atoms with Crippen LogP contribution in [0.1, 0.15) is 6.42 Å². The molecule has 152 valence electrons. The van der Waals surface area contributed by atoms with Gasteiger partial charge in [0.25, 0.3) is 0 Å². The number of carbonyl (C=O) groups is 1. The lowest BCUT2D eigenvalue weighted by Gasteiger charge is -2.13. The van der Waals surface area contributed by atoms with Gasteiger partial charge in [-0.2, -0.15) is 9.97 Å². The van der Waals surface area contributed by atoms with Gasteiger partial charge in [0.15, 0.2) is 0 Å². The van der Waals surface area contributed by atoms with Gasteiger partial charge >= 0.3 is 0 Å². The Balaban J connectivity index is 1.77. The van der Waals surface area contributed by atoms with Gasteiger partial charge in [-0.1, -0.05) is 0 Å². The molecule has 2 N–H and O–H groups in total. The Bertz CT molecular complexity index is 1070. The van der Waals surface area contributed by atoms with E-state index in [4.69, 9.17) is 9.47 Å². The van der Waals surface area contributed by atoms with Gasteiger partial charge in [-0.05, 0) is 18.6 Å². The molecule has 3 heterocycles. The molecule has 0 spiro atoms. The average Bonchev–Trinajstić information content (AvgIpc) is 3.38. The summed E-state index contributed by atoms with van der Waals surface area (Å²) >= 11 is 0. The van der Waals surface area contributed by atoms with E-state index in [0.717, 1.165) is 16.6 Å². The third-order valence-corrected chi connectivity index (χ3v) is 4.94. The summed E-state index contributed by atoms with van der Waals surface area (Å²) < 4.78 is 25.9. The Labute approximate surface area is 166 Å². The first-order chi connectivity index (χ1) is 14.0. The van der Waals surface area contributed by atoms with Crippen molar-refractivity contribution >= 4 is 28.6 Å². The fourth-order valence-corrected chi connectivity index (χ4v) is 3.24. The van der Waals surface area contributed by atoms with Crippen molar-refractivity contribution in [1.29, 1.82) is 0 Å². The van der Waals surface area contributed by atoms with Gasteiger partial charge in [0.1, 0.15) is 17.6 Å². The molecule has 3 aromatic rings. The normalized spacial score (nSPS) is 17.8. The quantitative estimate of drug-likeness (QED) is 0.655. The van der Waals surface area contributed by atoms with Crippen LogP contribution in [0, 0.1) is 5.92 Å². The van der Waals surface area contributed by atoms with Gasteiger partial charge in [0.05, 0.1) is 37.5 Å². The van der Waals surface area contributed by atoms with Crippen LogP contribution in [0.4, 0.5) is 16.2 Å². The third kappa shape index (κ3) is 3.30. The Kier molecular flexibility index (Phi) is 4.69. The highest BCUT2D eigenvalue weighted by Crippen LogP contribution is 2.39. The van der Waals surface area contributed by atoms with Crippen LogP contribution < -0.4 is 20.1 Å². The zero-order valence-electron chi connectivity index (χ0n) is 16.5. The molecule has 3 aromatic heterocycles. The van der Waals surface area contributed by atoms with E-state index in [2.05, 4.69) is 25.6 Å². The summed E-state index contributed by atoms with van der Waals surface area (Å²) in [5.41, 5.74) is 2.18. The largest absolute Gasteiger partial charge is 0.480 e. The van der Waals surface area contributed by atoms with Crippen LogP contribution in [0.5, 0.6) is 11.8 Å². The number of halogens is 1. The maximum absolute atomic E-state index is 13.1. The van der Waals surface area contributed by atoms with E-state index in [0.29, 0.717) is 29.1 Å². The zero-order valence-corrected chi connectivity index (χ0v) is 16.5. The second-order valence-corrected chi connectivity index (χ2v) is 6.76. The molecule has 29 heavy (non-hydrogen) atoms. The van der Waals surface area contributed by atoms with E-state index < -0.39 is 12.1 Å². The number of hydrogen-bond acceptors (Lipinski definition) is 7. The van der Waals surface area contributed by atoms with E-state index >= 15 is 0 Å². The highest BCUT2D eigenvalue weighted by atomic mass is 19.1. The number of fused-ring (bicyclic) bond motifs is 1. The summed E-state index contributed by atoms with van der Waals surface area (Å²) in [6.45, 7) is 0. The maximum atomic E-state index is 13.1. The molecule has 0 saturated heterocycles. The Morgan fingerprint density at radius 1 is 1.24 bits per heavy atom. The second-order valence-electron chi connectivity index (χ2n) is 6.76. The number of amides is 1. The Morgan fingerprint density at radius 2 is 1.90 bits per heavy atom. The molecule has 9 nitrogen and oxygen atoms in total. The number of carbonyl (C=O) groups excluding carboxylic acids is 1. The second kappa shape index (κ2) is 7.19. The SMILES string of the molecule is CNc1nc(OC)c(-c2cc3cc(NC(=O)[C@@H]4C[C@@H]4F)ncc3n2C)c(OC)n1. The maximum Gasteiger partial charge on any atom is 0.231 e. The van der Waals surface area contributed by atoms with E-state index in [1.165, 1.54) is 14.2 Å². The number of pyridine rings is 1. The van der Waals surface area contributed by atoms with Crippen LogP contribution in [0.25, 0.3) is 22.2 Å². The number of anilines is 2. The minimum Gasteiger partial charge on any atom is -0.480 e. The van der Waals surface area contributed by atoms with Crippen molar-refractivity contribution in [3.8, 4) is 23.0 Å². The fraction of sp³-hybridized carbons (Fsp3) is 0.368. The fourth-order valence-electron chi connectivity index (χ4n) is 3.24. The molecule has 10 heteroatoms. The molecule has 0 aliphatic heterocycles. The average molecular weight is 400 g/mol. The smallest absolute Gasteiger partial charge is 0.231 e.